The predicted octanol–water partition coefficient (Wildman–Crippen LogP) is 5.12. The van der Waals surface area contributed by atoms with Crippen LogP contribution in [0.25, 0.3) is 0 Å². The van der Waals surface area contributed by atoms with Crippen molar-refractivity contribution in [3.05, 3.63) is 28.0 Å². The fraction of sp³-hybridized carbons (Fsp3) is 0.538. The molecule has 0 heterocycles. The van der Waals surface area contributed by atoms with E-state index in [1.165, 1.54) is 25.0 Å². The number of halogens is 3. The first kappa shape index (κ1) is 13.0. The minimum atomic E-state index is -0.406. The van der Waals surface area contributed by atoms with Gasteiger partial charge in [-0.3, -0.25) is 0 Å². The molecule has 0 saturated heterocycles. The van der Waals surface area contributed by atoms with Crippen molar-refractivity contribution in [1.82, 2.24) is 0 Å². The minimum Gasteiger partial charge on any atom is -0.379 e. The molecule has 1 aromatic rings. The average Bonchev–Trinajstić information content (AvgIpc) is 2.51. The molecule has 1 aliphatic rings. The lowest BCUT2D eigenvalue weighted by molar-refractivity contribution is 0.350. The van der Waals surface area contributed by atoms with Gasteiger partial charge in [0.25, 0.3) is 0 Å². The second kappa shape index (κ2) is 4.66. The van der Waals surface area contributed by atoms with Gasteiger partial charge in [-0.1, -0.05) is 43.5 Å². The van der Waals surface area contributed by atoms with Crippen molar-refractivity contribution in [2.45, 2.75) is 39.2 Å². The highest BCUT2D eigenvalue weighted by molar-refractivity contribution is 6.39. The van der Waals surface area contributed by atoms with Crippen molar-refractivity contribution in [3.8, 4) is 0 Å². The Balaban J connectivity index is 2.25. The molecule has 2 rings (SSSR count). The Hall–Kier alpha value is -0.470. The van der Waals surface area contributed by atoms with Crippen LogP contribution in [0.4, 0.5) is 10.1 Å². The Morgan fingerprint density at radius 2 is 1.88 bits per heavy atom. The molecular formula is C13H16Cl2FN. The zero-order chi connectivity index (χ0) is 12.6. The van der Waals surface area contributed by atoms with Crippen LogP contribution >= 0.6 is 23.2 Å². The van der Waals surface area contributed by atoms with Crippen LogP contribution in [-0.2, 0) is 0 Å². The standard InChI is InChI=1S/C13H16Cl2FN/c1-13(2)5-3-4-11(13)17-12-9(14)6-8(16)7-10(12)15/h6-7,11,17H,3-5H2,1-2H3. The molecule has 0 aliphatic heterocycles. The van der Waals surface area contributed by atoms with E-state index in [-0.39, 0.29) is 5.41 Å². The van der Waals surface area contributed by atoms with Crippen molar-refractivity contribution in [2.24, 2.45) is 5.41 Å². The summed E-state index contributed by atoms with van der Waals surface area (Å²) in [7, 11) is 0. The third kappa shape index (κ3) is 2.69. The first-order valence-electron chi connectivity index (χ1n) is 5.81. The van der Waals surface area contributed by atoms with Gasteiger partial charge >= 0.3 is 0 Å². The van der Waals surface area contributed by atoms with E-state index in [4.69, 9.17) is 23.2 Å². The molecule has 1 aromatic carbocycles. The number of benzene rings is 1. The molecule has 94 valence electrons. The van der Waals surface area contributed by atoms with Gasteiger partial charge < -0.3 is 5.32 Å². The van der Waals surface area contributed by atoms with Crippen LogP contribution in [0.5, 0.6) is 0 Å². The molecule has 1 unspecified atom stereocenters. The zero-order valence-electron chi connectivity index (χ0n) is 9.99. The van der Waals surface area contributed by atoms with Gasteiger partial charge in [0.2, 0.25) is 0 Å². The molecule has 0 bridgehead atoms. The largest absolute Gasteiger partial charge is 0.379 e. The number of anilines is 1. The summed E-state index contributed by atoms with van der Waals surface area (Å²) in [5.41, 5.74) is 0.871. The Morgan fingerprint density at radius 3 is 2.35 bits per heavy atom. The van der Waals surface area contributed by atoms with Gasteiger partial charge in [-0.25, -0.2) is 4.39 Å². The van der Waals surface area contributed by atoms with Gasteiger partial charge in [-0.05, 0) is 30.4 Å². The van der Waals surface area contributed by atoms with E-state index in [0.717, 1.165) is 6.42 Å². The first-order chi connectivity index (χ1) is 7.90. The van der Waals surface area contributed by atoms with Gasteiger partial charge in [0.15, 0.2) is 0 Å². The molecule has 1 N–H and O–H groups in total. The number of rotatable bonds is 2. The number of hydrogen-bond acceptors (Lipinski definition) is 1. The molecule has 4 heteroatoms. The van der Waals surface area contributed by atoms with Gasteiger partial charge in [0, 0.05) is 6.04 Å². The summed E-state index contributed by atoms with van der Waals surface area (Å²) in [5, 5.41) is 4.05. The lowest BCUT2D eigenvalue weighted by atomic mass is 9.87. The Morgan fingerprint density at radius 1 is 1.29 bits per heavy atom. The molecule has 17 heavy (non-hydrogen) atoms. The monoisotopic (exact) mass is 275 g/mol. The molecular weight excluding hydrogens is 260 g/mol. The van der Waals surface area contributed by atoms with Crippen LogP contribution in [0.2, 0.25) is 10.0 Å². The van der Waals surface area contributed by atoms with Crippen molar-refractivity contribution in [3.63, 3.8) is 0 Å². The summed E-state index contributed by atoms with van der Waals surface area (Å²) in [6, 6.07) is 2.91. The minimum absolute atomic E-state index is 0.223. The normalized spacial score (nSPS) is 22.8. The van der Waals surface area contributed by atoms with Crippen molar-refractivity contribution in [2.75, 3.05) is 5.32 Å². The first-order valence-corrected chi connectivity index (χ1v) is 6.57. The third-order valence-electron chi connectivity index (χ3n) is 3.58. The predicted molar refractivity (Wildman–Crippen MR) is 71.5 cm³/mol. The number of hydrogen-bond donors (Lipinski definition) is 1. The quantitative estimate of drug-likeness (QED) is 0.790. The number of nitrogens with one attached hydrogen (secondary N) is 1. The van der Waals surface area contributed by atoms with E-state index < -0.39 is 5.82 Å². The maximum absolute atomic E-state index is 13.1. The van der Waals surface area contributed by atoms with Crippen LogP contribution in [0.15, 0.2) is 12.1 Å². The smallest absolute Gasteiger partial charge is 0.126 e. The highest BCUT2D eigenvalue weighted by atomic mass is 35.5. The maximum atomic E-state index is 13.1. The van der Waals surface area contributed by atoms with Crippen LogP contribution in [0.1, 0.15) is 33.1 Å². The molecule has 1 saturated carbocycles. The third-order valence-corrected chi connectivity index (χ3v) is 4.18. The van der Waals surface area contributed by atoms with Crippen molar-refractivity contribution < 1.29 is 4.39 Å². The van der Waals surface area contributed by atoms with Gasteiger partial charge in [-0.2, -0.15) is 0 Å². The van der Waals surface area contributed by atoms with E-state index in [0.29, 0.717) is 21.8 Å². The van der Waals surface area contributed by atoms with Crippen molar-refractivity contribution in [1.29, 1.82) is 0 Å². The van der Waals surface area contributed by atoms with E-state index in [1.54, 1.807) is 0 Å². The molecule has 0 aromatic heterocycles. The lowest BCUT2D eigenvalue weighted by Crippen LogP contribution is -2.31. The SMILES string of the molecule is CC1(C)CCCC1Nc1c(Cl)cc(F)cc1Cl. The molecule has 0 amide bonds. The fourth-order valence-corrected chi connectivity index (χ4v) is 3.02. The second-order valence-electron chi connectivity index (χ2n) is 5.32. The maximum Gasteiger partial charge on any atom is 0.126 e. The van der Waals surface area contributed by atoms with E-state index in [2.05, 4.69) is 19.2 Å². The van der Waals surface area contributed by atoms with Crippen LogP contribution in [0.3, 0.4) is 0 Å². The van der Waals surface area contributed by atoms with Crippen LogP contribution in [-0.4, -0.2) is 6.04 Å². The van der Waals surface area contributed by atoms with Crippen LogP contribution < -0.4 is 5.32 Å². The molecule has 1 nitrogen and oxygen atoms in total. The van der Waals surface area contributed by atoms with Gasteiger partial charge in [0.1, 0.15) is 5.82 Å². The highest BCUT2D eigenvalue weighted by Gasteiger charge is 2.34. The van der Waals surface area contributed by atoms with E-state index in [9.17, 15) is 4.39 Å². The van der Waals surface area contributed by atoms with Gasteiger partial charge in [0.05, 0.1) is 15.7 Å². The van der Waals surface area contributed by atoms with Crippen LogP contribution in [0, 0.1) is 11.2 Å². The molecule has 0 radical (unpaired) electrons. The Kier molecular flexibility index (Phi) is 3.55. The fourth-order valence-electron chi connectivity index (χ4n) is 2.45. The second-order valence-corrected chi connectivity index (χ2v) is 6.14. The summed E-state index contributed by atoms with van der Waals surface area (Å²) in [6.45, 7) is 4.45. The lowest BCUT2D eigenvalue weighted by Gasteiger charge is -2.29. The summed E-state index contributed by atoms with van der Waals surface area (Å²) in [4.78, 5) is 0. The van der Waals surface area contributed by atoms with E-state index in [1.807, 2.05) is 0 Å². The molecule has 1 fully saturated rings. The average molecular weight is 276 g/mol. The highest BCUT2D eigenvalue weighted by Crippen LogP contribution is 2.41. The summed E-state index contributed by atoms with van der Waals surface area (Å²) in [6.07, 6.45) is 3.47. The molecule has 0 spiro atoms. The molecule has 1 atom stereocenters. The Bertz CT molecular complexity index is 408. The topological polar surface area (TPSA) is 12.0 Å². The van der Waals surface area contributed by atoms with E-state index >= 15 is 0 Å². The van der Waals surface area contributed by atoms with Gasteiger partial charge in [-0.15, -0.1) is 0 Å². The summed E-state index contributed by atoms with van der Waals surface area (Å²) < 4.78 is 13.1. The van der Waals surface area contributed by atoms with Crippen molar-refractivity contribution >= 4 is 28.9 Å². The summed E-state index contributed by atoms with van der Waals surface area (Å²) >= 11 is 12.0. The summed E-state index contributed by atoms with van der Waals surface area (Å²) in [5.74, 6) is -0.406. The Labute approximate surface area is 111 Å². The zero-order valence-corrected chi connectivity index (χ0v) is 11.5. The molecule has 1 aliphatic carbocycles.